The van der Waals surface area contributed by atoms with Crippen molar-refractivity contribution in [3.8, 4) is 17.0 Å². The molecule has 140 valence electrons. The summed E-state index contributed by atoms with van der Waals surface area (Å²) < 4.78 is 11.1. The third kappa shape index (κ3) is 4.94. The summed E-state index contributed by atoms with van der Waals surface area (Å²) in [6, 6.07) is 7.51. The summed E-state index contributed by atoms with van der Waals surface area (Å²) in [6.07, 6.45) is 4.49. The van der Waals surface area contributed by atoms with Gasteiger partial charge in [-0.05, 0) is 32.4 Å². The molecule has 0 aliphatic heterocycles. The number of carbonyl (C=O) groups is 1. The topological polar surface area (TPSA) is 87.3 Å². The van der Waals surface area contributed by atoms with Crippen molar-refractivity contribution >= 4 is 11.9 Å². The normalized spacial score (nSPS) is 10.6. The van der Waals surface area contributed by atoms with Gasteiger partial charge in [0, 0.05) is 5.56 Å². The summed E-state index contributed by atoms with van der Waals surface area (Å²) in [5.74, 6) is 0.327. The molecule has 0 amide bonds. The van der Waals surface area contributed by atoms with Gasteiger partial charge < -0.3 is 15.2 Å². The van der Waals surface area contributed by atoms with Gasteiger partial charge >= 0.3 is 5.97 Å². The number of nitrogen functional groups attached to an aromatic ring is 1. The Balaban J connectivity index is 2.37. The molecule has 0 aliphatic rings. The van der Waals surface area contributed by atoms with E-state index < -0.39 is 5.97 Å². The van der Waals surface area contributed by atoms with Crippen molar-refractivity contribution in [2.75, 3.05) is 18.9 Å². The molecule has 26 heavy (non-hydrogen) atoms. The van der Waals surface area contributed by atoms with Crippen molar-refractivity contribution in [2.45, 2.75) is 46.5 Å². The third-order valence-corrected chi connectivity index (χ3v) is 3.98. The highest BCUT2D eigenvalue weighted by atomic mass is 16.5. The molecule has 0 spiro atoms. The molecule has 1 aromatic heterocycles. The van der Waals surface area contributed by atoms with Crippen molar-refractivity contribution < 1.29 is 14.3 Å². The standard InChI is InChI=1S/C20H27N3O3/c1-4-6-7-10-13-26-16-12-9-8-11-15(16)18-17(19(24)25-5-2)14(3)22-20(21)23-18/h8-9,11-12H,4-7,10,13H2,1-3H3,(H2,21,22,23). The van der Waals surface area contributed by atoms with Crippen LogP contribution < -0.4 is 10.5 Å². The molecule has 1 heterocycles. The molecule has 0 unspecified atom stereocenters. The Kier molecular flexibility index (Phi) is 7.38. The lowest BCUT2D eigenvalue weighted by molar-refractivity contribution is 0.0525. The van der Waals surface area contributed by atoms with Crippen molar-refractivity contribution in [1.29, 1.82) is 0 Å². The van der Waals surface area contributed by atoms with Gasteiger partial charge in [0.25, 0.3) is 0 Å². The number of rotatable bonds is 9. The molecule has 0 atom stereocenters. The number of nitrogens with zero attached hydrogens (tertiary/aromatic N) is 2. The number of anilines is 1. The zero-order valence-electron chi connectivity index (χ0n) is 15.7. The van der Waals surface area contributed by atoms with Crippen molar-refractivity contribution in [3.05, 3.63) is 35.5 Å². The number of esters is 1. The van der Waals surface area contributed by atoms with Gasteiger partial charge in [0.1, 0.15) is 11.3 Å². The van der Waals surface area contributed by atoms with Crippen molar-refractivity contribution in [1.82, 2.24) is 9.97 Å². The maximum Gasteiger partial charge on any atom is 0.342 e. The fraction of sp³-hybridized carbons (Fsp3) is 0.450. The molecule has 2 N–H and O–H groups in total. The molecule has 0 saturated heterocycles. The van der Waals surface area contributed by atoms with Gasteiger partial charge in [-0.15, -0.1) is 0 Å². The summed E-state index contributed by atoms with van der Waals surface area (Å²) in [6.45, 7) is 6.55. The Morgan fingerprint density at radius 3 is 2.62 bits per heavy atom. The molecule has 6 heteroatoms. The lowest BCUT2D eigenvalue weighted by Gasteiger charge is -2.15. The average molecular weight is 357 g/mol. The van der Waals surface area contributed by atoms with Crippen LogP contribution >= 0.6 is 0 Å². The van der Waals surface area contributed by atoms with E-state index in [-0.39, 0.29) is 12.6 Å². The zero-order chi connectivity index (χ0) is 18.9. The van der Waals surface area contributed by atoms with Gasteiger partial charge in [0.05, 0.1) is 24.6 Å². The number of benzene rings is 1. The molecule has 0 saturated carbocycles. The number of aryl methyl sites for hydroxylation is 1. The van der Waals surface area contributed by atoms with E-state index >= 15 is 0 Å². The summed E-state index contributed by atoms with van der Waals surface area (Å²) in [7, 11) is 0. The second-order valence-corrected chi connectivity index (χ2v) is 6.02. The van der Waals surface area contributed by atoms with E-state index in [1.54, 1.807) is 13.8 Å². The predicted octanol–water partition coefficient (Wildman–Crippen LogP) is 4.17. The first-order valence-electron chi connectivity index (χ1n) is 9.11. The lowest BCUT2D eigenvalue weighted by atomic mass is 10.0. The Morgan fingerprint density at radius 1 is 1.12 bits per heavy atom. The van der Waals surface area contributed by atoms with Crippen LogP contribution in [0.15, 0.2) is 24.3 Å². The Labute approximate surface area is 154 Å². The highest BCUT2D eigenvalue weighted by Crippen LogP contribution is 2.33. The van der Waals surface area contributed by atoms with Crippen LogP contribution in [0.25, 0.3) is 11.3 Å². The van der Waals surface area contributed by atoms with Crippen molar-refractivity contribution in [3.63, 3.8) is 0 Å². The van der Waals surface area contributed by atoms with Crippen LogP contribution in [-0.4, -0.2) is 29.2 Å². The fourth-order valence-electron chi connectivity index (χ4n) is 2.74. The molecule has 0 bridgehead atoms. The van der Waals surface area contributed by atoms with Gasteiger partial charge in [0.2, 0.25) is 5.95 Å². The second kappa shape index (κ2) is 9.75. The summed E-state index contributed by atoms with van der Waals surface area (Å²) in [5, 5.41) is 0. The number of carbonyl (C=O) groups excluding carboxylic acids is 1. The number of hydrogen-bond donors (Lipinski definition) is 1. The van der Waals surface area contributed by atoms with E-state index in [2.05, 4.69) is 16.9 Å². The number of aromatic nitrogens is 2. The number of para-hydroxylation sites is 1. The first-order chi connectivity index (χ1) is 12.6. The zero-order valence-corrected chi connectivity index (χ0v) is 15.7. The molecule has 0 aliphatic carbocycles. The highest BCUT2D eigenvalue weighted by Gasteiger charge is 2.22. The lowest BCUT2D eigenvalue weighted by Crippen LogP contribution is -2.13. The van der Waals surface area contributed by atoms with Gasteiger partial charge in [-0.25, -0.2) is 14.8 Å². The van der Waals surface area contributed by atoms with Crippen LogP contribution in [0.2, 0.25) is 0 Å². The third-order valence-electron chi connectivity index (χ3n) is 3.98. The molecule has 1 aromatic carbocycles. The van der Waals surface area contributed by atoms with E-state index in [1.807, 2.05) is 24.3 Å². The highest BCUT2D eigenvalue weighted by molar-refractivity contribution is 5.98. The minimum absolute atomic E-state index is 0.114. The van der Waals surface area contributed by atoms with Crippen LogP contribution in [-0.2, 0) is 4.74 Å². The SMILES string of the molecule is CCCCCCOc1ccccc1-c1nc(N)nc(C)c1C(=O)OCC. The number of hydrogen-bond acceptors (Lipinski definition) is 6. The minimum atomic E-state index is -0.460. The van der Waals surface area contributed by atoms with E-state index in [1.165, 1.54) is 12.8 Å². The van der Waals surface area contributed by atoms with Crippen LogP contribution in [0.3, 0.4) is 0 Å². The first-order valence-corrected chi connectivity index (χ1v) is 9.11. The van der Waals surface area contributed by atoms with Crippen LogP contribution in [0.5, 0.6) is 5.75 Å². The van der Waals surface area contributed by atoms with E-state index in [9.17, 15) is 4.79 Å². The van der Waals surface area contributed by atoms with Gasteiger partial charge in [-0.3, -0.25) is 0 Å². The van der Waals surface area contributed by atoms with E-state index in [4.69, 9.17) is 15.2 Å². The van der Waals surface area contributed by atoms with Crippen LogP contribution in [0, 0.1) is 6.92 Å². The monoisotopic (exact) mass is 357 g/mol. The Bertz CT molecular complexity index is 747. The maximum absolute atomic E-state index is 12.4. The number of nitrogens with two attached hydrogens (primary N) is 1. The quantitative estimate of drug-likeness (QED) is 0.535. The molecule has 0 radical (unpaired) electrons. The Morgan fingerprint density at radius 2 is 1.88 bits per heavy atom. The van der Waals surface area contributed by atoms with Crippen molar-refractivity contribution in [2.24, 2.45) is 0 Å². The Hall–Kier alpha value is -2.63. The van der Waals surface area contributed by atoms with E-state index in [0.717, 1.165) is 12.8 Å². The predicted molar refractivity (Wildman–Crippen MR) is 102 cm³/mol. The van der Waals surface area contributed by atoms with E-state index in [0.29, 0.717) is 34.9 Å². The van der Waals surface area contributed by atoms with Gasteiger partial charge in [-0.2, -0.15) is 0 Å². The largest absolute Gasteiger partial charge is 0.493 e. The number of ether oxygens (including phenoxy) is 2. The maximum atomic E-state index is 12.4. The van der Waals surface area contributed by atoms with Gasteiger partial charge in [0.15, 0.2) is 0 Å². The molecule has 0 fully saturated rings. The second-order valence-electron chi connectivity index (χ2n) is 6.02. The van der Waals surface area contributed by atoms with Gasteiger partial charge in [-0.1, -0.05) is 38.3 Å². The summed E-state index contributed by atoms with van der Waals surface area (Å²) >= 11 is 0. The summed E-state index contributed by atoms with van der Waals surface area (Å²) in [4.78, 5) is 20.9. The minimum Gasteiger partial charge on any atom is -0.493 e. The number of unbranched alkanes of at least 4 members (excludes halogenated alkanes) is 3. The fourth-order valence-corrected chi connectivity index (χ4v) is 2.74. The molecular weight excluding hydrogens is 330 g/mol. The summed E-state index contributed by atoms with van der Waals surface area (Å²) in [5.41, 5.74) is 7.80. The van der Waals surface area contributed by atoms with Crippen LogP contribution in [0.4, 0.5) is 5.95 Å². The smallest absolute Gasteiger partial charge is 0.342 e. The average Bonchev–Trinajstić information content (AvgIpc) is 2.61. The van der Waals surface area contributed by atoms with Crippen LogP contribution in [0.1, 0.15) is 55.6 Å². The molecule has 6 nitrogen and oxygen atoms in total. The molecule has 2 rings (SSSR count). The molecule has 2 aromatic rings. The molecular formula is C20H27N3O3. The first kappa shape index (κ1) is 19.7.